The van der Waals surface area contributed by atoms with Gasteiger partial charge in [0.1, 0.15) is 5.82 Å². The van der Waals surface area contributed by atoms with Crippen molar-refractivity contribution >= 4 is 11.5 Å². The van der Waals surface area contributed by atoms with Gasteiger partial charge in [0.15, 0.2) is 0 Å². The third-order valence-electron chi connectivity index (χ3n) is 2.30. The van der Waals surface area contributed by atoms with E-state index in [1.165, 1.54) is 19.3 Å². The molecule has 3 nitrogen and oxygen atoms in total. The van der Waals surface area contributed by atoms with Gasteiger partial charge in [-0.05, 0) is 12.5 Å². The minimum absolute atomic E-state index is 0.588. The number of hydrogen-bond donors (Lipinski definition) is 1. The van der Waals surface area contributed by atoms with Crippen LogP contribution in [0.4, 0.5) is 11.5 Å². The molecular formula is C11H19N3. The Morgan fingerprint density at radius 3 is 2.86 bits per heavy atom. The molecule has 0 aliphatic carbocycles. The molecule has 0 atom stereocenters. The van der Waals surface area contributed by atoms with E-state index in [9.17, 15) is 0 Å². The predicted octanol–water partition coefficient (Wildman–Crippen LogP) is 2.29. The highest BCUT2D eigenvalue weighted by Gasteiger charge is 2.00. The maximum Gasteiger partial charge on any atom is 0.125 e. The minimum Gasteiger partial charge on any atom is -0.384 e. The zero-order valence-corrected chi connectivity index (χ0v) is 9.03. The fourth-order valence-corrected chi connectivity index (χ4v) is 1.40. The van der Waals surface area contributed by atoms with Gasteiger partial charge in [-0.3, -0.25) is 0 Å². The standard InChI is InChI=1S/C11H19N3/c1-3-4-5-8-14(2)10-6-7-13-11(12)9-10/h6-7,9H,3-5,8H2,1-2H3,(H2,12,13). The molecule has 0 aliphatic rings. The first-order valence-electron chi connectivity index (χ1n) is 5.16. The molecule has 0 saturated heterocycles. The fraction of sp³-hybridized carbons (Fsp3) is 0.545. The summed E-state index contributed by atoms with van der Waals surface area (Å²) < 4.78 is 0. The molecule has 78 valence electrons. The zero-order valence-electron chi connectivity index (χ0n) is 9.03. The molecule has 3 heteroatoms. The van der Waals surface area contributed by atoms with E-state index in [-0.39, 0.29) is 0 Å². The quantitative estimate of drug-likeness (QED) is 0.729. The molecule has 0 spiro atoms. The Morgan fingerprint density at radius 2 is 2.21 bits per heavy atom. The van der Waals surface area contributed by atoms with Crippen LogP contribution in [0.15, 0.2) is 18.3 Å². The van der Waals surface area contributed by atoms with E-state index in [2.05, 4.69) is 23.9 Å². The van der Waals surface area contributed by atoms with Gasteiger partial charge in [-0.2, -0.15) is 0 Å². The lowest BCUT2D eigenvalue weighted by Crippen LogP contribution is -2.18. The monoisotopic (exact) mass is 193 g/mol. The summed E-state index contributed by atoms with van der Waals surface area (Å²) >= 11 is 0. The summed E-state index contributed by atoms with van der Waals surface area (Å²) in [7, 11) is 2.09. The summed E-state index contributed by atoms with van der Waals surface area (Å²) in [6, 6.07) is 3.90. The number of unbranched alkanes of at least 4 members (excludes halogenated alkanes) is 2. The molecule has 2 N–H and O–H groups in total. The largest absolute Gasteiger partial charge is 0.384 e. The molecular weight excluding hydrogens is 174 g/mol. The number of nitrogens with two attached hydrogens (primary N) is 1. The van der Waals surface area contributed by atoms with Crippen molar-refractivity contribution in [2.45, 2.75) is 26.2 Å². The third-order valence-corrected chi connectivity index (χ3v) is 2.30. The highest BCUT2D eigenvalue weighted by molar-refractivity contribution is 5.51. The second-order valence-electron chi connectivity index (χ2n) is 3.57. The van der Waals surface area contributed by atoms with E-state index in [0.717, 1.165) is 12.2 Å². The normalized spacial score (nSPS) is 10.1. The first-order chi connectivity index (χ1) is 6.74. The molecule has 0 unspecified atom stereocenters. The molecule has 1 aromatic rings. The predicted molar refractivity (Wildman–Crippen MR) is 61.4 cm³/mol. The first-order valence-corrected chi connectivity index (χ1v) is 5.16. The molecule has 0 radical (unpaired) electrons. The second kappa shape index (κ2) is 5.47. The molecule has 0 aliphatic heterocycles. The number of rotatable bonds is 5. The topological polar surface area (TPSA) is 42.2 Å². The van der Waals surface area contributed by atoms with Crippen LogP contribution in [0.2, 0.25) is 0 Å². The molecule has 0 bridgehead atoms. The number of hydrogen-bond acceptors (Lipinski definition) is 3. The second-order valence-corrected chi connectivity index (χ2v) is 3.57. The van der Waals surface area contributed by atoms with Gasteiger partial charge in [0.25, 0.3) is 0 Å². The fourth-order valence-electron chi connectivity index (χ4n) is 1.40. The summed E-state index contributed by atoms with van der Waals surface area (Å²) in [6.45, 7) is 3.29. The summed E-state index contributed by atoms with van der Waals surface area (Å²) in [6.07, 6.45) is 5.52. The van der Waals surface area contributed by atoms with E-state index in [0.29, 0.717) is 5.82 Å². The lowest BCUT2D eigenvalue weighted by Gasteiger charge is -2.18. The zero-order chi connectivity index (χ0) is 10.4. The van der Waals surface area contributed by atoms with Gasteiger partial charge >= 0.3 is 0 Å². The SMILES string of the molecule is CCCCCN(C)c1ccnc(N)c1. The Kier molecular flexibility index (Phi) is 4.23. The lowest BCUT2D eigenvalue weighted by atomic mass is 10.2. The highest BCUT2D eigenvalue weighted by Crippen LogP contribution is 2.14. The van der Waals surface area contributed by atoms with Crippen LogP contribution in [0.1, 0.15) is 26.2 Å². The van der Waals surface area contributed by atoms with Crippen molar-refractivity contribution in [3.63, 3.8) is 0 Å². The van der Waals surface area contributed by atoms with E-state index < -0.39 is 0 Å². The van der Waals surface area contributed by atoms with Gasteiger partial charge in [0, 0.05) is 31.5 Å². The van der Waals surface area contributed by atoms with Crippen LogP contribution in [0.5, 0.6) is 0 Å². The highest BCUT2D eigenvalue weighted by atomic mass is 15.1. The van der Waals surface area contributed by atoms with E-state index in [1.807, 2.05) is 12.1 Å². The number of aromatic nitrogens is 1. The van der Waals surface area contributed by atoms with Crippen molar-refractivity contribution in [1.82, 2.24) is 4.98 Å². The molecule has 1 aromatic heterocycles. The number of pyridine rings is 1. The molecule has 14 heavy (non-hydrogen) atoms. The average Bonchev–Trinajstić information content (AvgIpc) is 2.18. The van der Waals surface area contributed by atoms with Crippen LogP contribution < -0.4 is 10.6 Å². The van der Waals surface area contributed by atoms with Crippen LogP contribution in [0, 0.1) is 0 Å². The van der Waals surface area contributed by atoms with Gasteiger partial charge in [-0.25, -0.2) is 4.98 Å². The van der Waals surface area contributed by atoms with Crippen molar-refractivity contribution in [3.05, 3.63) is 18.3 Å². The van der Waals surface area contributed by atoms with Crippen LogP contribution >= 0.6 is 0 Å². The van der Waals surface area contributed by atoms with Gasteiger partial charge < -0.3 is 10.6 Å². The van der Waals surface area contributed by atoms with Crippen molar-refractivity contribution < 1.29 is 0 Å². The van der Waals surface area contributed by atoms with Gasteiger partial charge in [-0.1, -0.05) is 19.8 Å². The molecule has 1 rings (SSSR count). The lowest BCUT2D eigenvalue weighted by molar-refractivity contribution is 0.705. The Morgan fingerprint density at radius 1 is 1.43 bits per heavy atom. The smallest absolute Gasteiger partial charge is 0.125 e. The third kappa shape index (κ3) is 3.24. The average molecular weight is 193 g/mol. The molecule has 0 saturated carbocycles. The maximum absolute atomic E-state index is 5.61. The number of nitrogen functional groups attached to an aromatic ring is 1. The van der Waals surface area contributed by atoms with Crippen molar-refractivity contribution in [2.24, 2.45) is 0 Å². The summed E-state index contributed by atoms with van der Waals surface area (Å²) in [4.78, 5) is 6.19. The van der Waals surface area contributed by atoms with E-state index in [4.69, 9.17) is 5.73 Å². The van der Waals surface area contributed by atoms with Crippen LogP contribution in [0.25, 0.3) is 0 Å². The Bertz CT molecular complexity index is 273. The van der Waals surface area contributed by atoms with Gasteiger partial charge in [0.05, 0.1) is 0 Å². The van der Waals surface area contributed by atoms with Crippen molar-refractivity contribution in [3.8, 4) is 0 Å². The summed E-state index contributed by atoms with van der Waals surface area (Å²) in [5, 5.41) is 0. The number of nitrogens with zero attached hydrogens (tertiary/aromatic N) is 2. The van der Waals surface area contributed by atoms with Crippen LogP contribution in [0.3, 0.4) is 0 Å². The minimum atomic E-state index is 0.588. The van der Waals surface area contributed by atoms with Crippen LogP contribution in [-0.2, 0) is 0 Å². The summed E-state index contributed by atoms with van der Waals surface area (Å²) in [5.41, 5.74) is 6.76. The molecule has 0 aromatic carbocycles. The Hall–Kier alpha value is -1.25. The van der Waals surface area contributed by atoms with Crippen molar-refractivity contribution in [2.75, 3.05) is 24.2 Å². The summed E-state index contributed by atoms with van der Waals surface area (Å²) in [5.74, 6) is 0.588. The van der Waals surface area contributed by atoms with E-state index >= 15 is 0 Å². The number of anilines is 2. The maximum atomic E-state index is 5.61. The van der Waals surface area contributed by atoms with Gasteiger partial charge in [0.2, 0.25) is 0 Å². The van der Waals surface area contributed by atoms with Gasteiger partial charge in [-0.15, -0.1) is 0 Å². The molecule has 0 fully saturated rings. The first kappa shape index (κ1) is 10.8. The molecule has 1 heterocycles. The van der Waals surface area contributed by atoms with E-state index in [1.54, 1.807) is 6.20 Å². The van der Waals surface area contributed by atoms with Crippen molar-refractivity contribution in [1.29, 1.82) is 0 Å². The Labute approximate surface area is 85.9 Å². The molecule has 0 amide bonds. The Balaban J connectivity index is 2.47. The van der Waals surface area contributed by atoms with Crippen LogP contribution in [-0.4, -0.2) is 18.6 Å².